The van der Waals surface area contributed by atoms with Crippen LogP contribution in [0.5, 0.6) is 11.5 Å². The zero-order valence-electron chi connectivity index (χ0n) is 13.5. The average Bonchev–Trinajstić information content (AvgIpc) is 2.59. The van der Waals surface area contributed by atoms with Crippen LogP contribution in [0.1, 0.15) is 5.56 Å². The Morgan fingerprint density at radius 1 is 1.04 bits per heavy atom. The van der Waals surface area contributed by atoms with Gasteiger partial charge < -0.3 is 20.1 Å². The molecule has 0 aliphatic heterocycles. The number of rotatable bonds is 8. The molecular formula is C17H16F4N2O3. The van der Waals surface area contributed by atoms with Gasteiger partial charge >= 0.3 is 12.6 Å². The van der Waals surface area contributed by atoms with Gasteiger partial charge in [-0.05, 0) is 29.8 Å². The first-order chi connectivity index (χ1) is 12.4. The van der Waals surface area contributed by atoms with E-state index in [4.69, 9.17) is 4.74 Å². The van der Waals surface area contributed by atoms with Crippen molar-refractivity contribution < 1.29 is 31.8 Å². The summed E-state index contributed by atoms with van der Waals surface area (Å²) in [5.41, 5.74) is 0.686. The van der Waals surface area contributed by atoms with Crippen LogP contribution in [-0.2, 0) is 6.54 Å². The van der Waals surface area contributed by atoms with Crippen molar-refractivity contribution in [1.82, 2.24) is 10.6 Å². The van der Waals surface area contributed by atoms with Gasteiger partial charge in [-0.1, -0.05) is 12.1 Å². The number of nitrogens with one attached hydrogen (secondary N) is 2. The fourth-order valence-electron chi connectivity index (χ4n) is 1.95. The summed E-state index contributed by atoms with van der Waals surface area (Å²) in [7, 11) is 0. The minimum absolute atomic E-state index is 0.00433. The molecule has 2 N–H and O–H groups in total. The molecule has 0 bridgehead atoms. The van der Waals surface area contributed by atoms with Gasteiger partial charge in [0.2, 0.25) is 0 Å². The molecule has 9 heteroatoms. The lowest BCUT2D eigenvalue weighted by molar-refractivity contribution is -0.0498. The molecule has 0 spiro atoms. The van der Waals surface area contributed by atoms with E-state index in [1.54, 1.807) is 12.1 Å². The van der Waals surface area contributed by atoms with E-state index in [9.17, 15) is 22.4 Å². The lowest BCUT2D eigenvalue weighted by Gasteiger charge is -2.10. The monoisotopic (exact) mass is 372 g/mol. The Morgan fingerprint density at radius 2 is 1.77 bits per heavy atom. The van der Waals surface area contributed by atoms with Crippen LogP contribution in [-0.4, -0.2) is 25.8 Å². The number of halogens is 4. The van der Waals surface area contributed by atoms with Crippen LogP contribution < -0.4 is 20.1 Å². The van der Waals surface area contributed by atoms with Crippen molar-refractivity contribution in [3.63, 3.8) is 0 Å². The maximum atomic E-state index is 13.3. The van der Waals surface area contributed by atoms with E-state index in [0.29, 0.717) is 11.6 Å². The molecule has 0 aliphatic rings. The van der Waals surface area contributed by atoms with Gasteiger partial charge in [0.15, 0.2) is 11.6 Å². The van der Waals surface area contributed by atoms with Crippen LogP contribution in [0.15, 0.2) is 42.5 Å². The van der Waals surface area contributed by atoms with Crippen LogP contribution >= 0.6 is 0 Å². The Morgan fingerprint density at radius 3 is 2.42 bits per heavy atom. The van der Waals surface area contributed by atoms with Crippen LogP contribution in [0, 0.1) is 11.6 Å². The number of urea groups is 1. The molecule has 2 aromatic rings. The molecule has 0 radical (unpaired) electrons. The Balaban J connectivity index is 1.65. The molecular weight excluding hydrogens is 356 g/mol. The van der Waals surface area contributed by atoms with Crippen molar-refractivity contribution in [2.24, 2.45) is 0 Å². The second-order valence-electron chi connectivity index (χ2n) is 5.06. The first-order valence-corrected chi connectivity index (χ1v) is 7.57. The van der Waals surface area contributed by atoms with E-state index < -0.39 is 24.3 Å². The Hall–Kier alpha value is -2.97. The first kappa shape index (κ1) is 19.4. The Kier molecular flexibility index (Phi) is 7.07. The van der Waals surface area contributed by atoms with Crippen LogP contribution in [0.25, 0.3) is 0 Å². The van der Waals surface area contributed by atoms with Crippen molar-refractivity contribution in [1.29, 1.82) is 0 Å². The zero-order chi connectivity index (χ0) is 18.9. The minimum Gasteiger partial charge on any atom is -0.489 e. The van der Waals surface area contributed by atoms with Crippen LogP contribution in [0.2, 0.25) is 0 Å². The molecule has 140 valence electrons. The highest BCUT2D eigenvalue weighted by Crippen LogP contribution is 2.17. The average molecular weight is 372 g/mol. The van der Waals surface area contributed by atoms with Crippen LogP contribution in [0.3, 0.4) is 0 Å². The summed E-state index contributed by atoms with van der Waals surface area (Å²) in [4.78, 5) is 11.6. The molecule has 0 fully saturated rings. The van der Waals surface area contributed by atoms with Gasteiger partial charge in [0.1, 0.15) is 18.2 Å². The molecule has 0 heterocycles. The number of carbonyl (C=O) groups excluding carboxylic acids is 1. The third-order valence-corrected chi connectivity index (χ3v) is 3.14. The summed E-state index contributed by atoms with van der Waals surface area (Å²) in [6.45, 7) is -2.62. The quantitative estimate of drug-likeness (QED) is 0.551. The SMILES string of the molecule is O=C(NCCOc1ccc(F)cc1F)NCc1ccc(OC(F)F)cc1. The summed E-state index contributed by atoms with van der Waals surface area (Å²) in [6, 6.07) is 8.26. The maximum absolute atomic E-state index is 13.3. The molecule has 0 saturated carbocycles. The van der Waals surface area contributed by atoms with Gasteiger partial charge in [0.05, 0.1) is 6.54 Å². The van der Waals surface area contributed by atoms with E-state index in [1.807, 2.05) is 0 Å². The first-order valence-electron chi connectivity index (χ1n) is 7.57. The van der Waals surface area contributed by atoms with Gasteiger partial charge in [-0.2, -0.15) is 8.78 Å². The minimum atomic E-state index is -2.89. The number of benzene rings is 2. The van der Waals surface area contributed by atoms with E-state index >= 15 is 0 Å². The predicted octanol–water partition coefficient (Wildman–Crippen LogP) is 3.44. The van der Waals surface area contributed by atoms with Crippen molar-refractivity contribution in [2.75, 3.05) is 13.2 Å². The Labute approximate surface area is 146 Å². The maximum Gasteiger partial charge on any atom is 0.387 e. The molecule has 0 unspecified atom stereocenters. The summed E-state index contributed by atoms with van der Waals surface area (Å²) in [5, 5.41) is 5.05. The number of hydrogen-bond donors (Lipinski definition) is 2. The second kappa shape index (κ2) is 9.50. The highest BCUT2D eigenvalue weighted by atomic mass is 19.3. The number of alkyl halides is 2. The molecule has 0 aliphatic carbocycles. The number of amides is 2. The lowest BCUT2D eigenvalue weighted by atomic mass is 10.2. The molecule has 2 rings (SSSR count). The third kappa shape index (κ3) is 6.50. The largest absolute Gasteiger partial charge is 0.489 e. The smallest absolute Gasteiger partial charge is 0.387 e. The van der Waals surface area contributed by atoms with E-state index in [2.05, 4.69) is 15.4 Å². The summed E-state index contributed by atoms with van der Waals surface area (Å²) in [6.07, 6.45) is 0. The van der Waals surface area contributed by atoms with E-state index in [-0.39, 0.29) is 31.2 Å². The van der Waals surface area contributed by atoms with Gasteiger partial charge in [-0.25, -0.2) is 13.6 Å². The van der Waals surface area contributed by atoms with Gasteiger partial charge in [0, 0.05) is 12.6 Å². The Bertz CT molecular complexity index is 726. The van der Waals surface area contributed by atoms with Crippen molar-refractivity contribution >= 4 is 6.03 Å². The number of hydrogen-bond acceptors (Lipinski definition) is 3. The molecule has 26 heavy (non-hydrogen) atoms. The fraction of sp³-hybridized carbons (Fsp3) is 0.235. The topological polar surface area (TPSA) is 59.6 Å². The van der Waals surface area contributed by atoms with Crippen molar-refractivity contribution in [2.45, 2.75) is 13.2 Å². The zero-order valence-corrected chi connectivity index (χ0v) is 13.5. The molecule has 2 aromatic carbocycles. The highest BCUT2D eigenvalue weighted by molar-refractivity contribution is 5.73. The van der Waals surface area contributed by atoms with Gasteiger partial charge in [-0.3, -0.25) is 0 Å². The van der Waals surface area contributed by atoms with Crippen molar-refractivity contribution in [3.8, 4) is 11.5 Å². The van der Waals surface area contributed by atoms with E-state index in [0.717, 1.165) is 12.1 Å². The van der Waals surface area contributed by atoms with Gasteiger partial charge in [0.25, 0.3) is 0 Å². The standard InChI is InChI=1S/C17H16F4N2O3/c18-12-3-6-15(14(19)9-12)25-8-7-22-17(24)23-10-11-1-4-13(5-2-11)26-16(20)21/h1-6,9,16H,7-8,10H2,(H2,22,23,24). The van der Waals surface area contributed by atoms with E-state index in [1.165, 1.54) is 12.1 Å². The summed E-state index contributed by atoms with van der Waals surface area (Å²) < 4.78 is 59.4. The molecule has 2 amide bonds. The normalized spacial score (nSPS) is 10.5. The second-order valence-corrected chi connectivity index (χ2v) is 5.06. The highest BCUT2D eigenvalue weighted by Gasteiger charge is 2.06. The molecule has 0 aromatic heterocycles. The summed E-state index contributed by atoms with van der Waals surface area (Å²) in [5.74, 6) is -1.62. The number of carbonyl (C=O) groups is 1. The molecule has 0 atom stereocenters. The lowest BCUT2D eigenvalue weighted by Crippen LogP contribution is -2.37. The van der Waals surface area contributed by atoms with Crippen LogP contribution in [0.4, 0.5) is 22.4 Å². The fourth-order valence-corrected chi connectivity index (χ4v) is 1.95. The molecule has 5 nitrogen and oxygen atoms in total. The van der Waals surface area contributed by atoms with Crippen molar-refractivity contribution in [3.05, 3.63) is 59.7 Å². The molecule has 0 saturated heterocycles. The summed E-state index contributed by atoms with van der Waals surface area (Å²) >= 11 is 0. The third-order valence-electron chi connectivity index (χ3n) is 3.14. The van der Waals surface area contributed by atoms with Gasteiger partial charge in [-0.15, -0.1) is 0 Å². The predicted molar refractivity (Wildman–Crippen MR) is 85.2 cm³/mol. The number of ether oxygens (including phenoxy) is 2.